The number of nitrogens with zero attached hydrogens (tertiary/aromatic N) is 5. The largest absolute Gasteiger partial charge is 0.379 e. The van der Waals surface area contributed by atoms with Crippen LogP contribution in [0.15, 0.2) is 103 Å². The van der Waals surface area contributed by atoms with Crippen LogP contribution in [0.4, 0.5) is 11.4 Å². The number of fused-ring (bicyclic) bond motifs is 6. The van der Waals surface area contributed by atoms with E-state index in [1.807, 2.05) is 30.3 Å². The van der Waals surface area contributed by atoms with Crippen molar-refractivity contribution in [1.82, 2.24) is 24.1 Å². The highest BCUT2D eigenvalue weighted by Crippen LogP contribution is 2.38. The second-order valence-corrected chi connectivity index (χ2v) is 12.0. The second kappa shape index (κ2) is 10.3. The number of aromatic nitrogens is 5. The molecule has 0 fully saturated rings. The van der Waals surface area contributed by atoms with E-state index < -0.39 is 0 Å². The summed E-state index contributed by atoms with van der Waals surface area (Å²) in [5.41, 5.74) is 12.5. The Morgan fingerprint density at radius 3 is 1.43 bits per heavy atom. The fourth-order valence-corrected chi connectivity index (χ4v) is 6.79. The Hall–Kier alpha value is -5.95. The van der Waals surface area contributed by atoms with Gasteiger partial charge in [-0.2, -0.15) is 0 Å². The number of hydrogen-bond donors (Lipinski definition) is 2. The molecule has 0 aliphatic carbocycles. The van der Waals surface area contributed by atoms with Crippen molar-refractivity contribution in [2.24, 2.45) is 0 Å². The third-order valence-corrected chi connectivity index (χ3v) is 8.86. The Morgan fingerprint density at radius 1 is 0.522 bits per heavy atom. The molecule has 0 radical (unpaired) electrons. The van der Waals surface area contributed by atoms with E-state index in [2.05, 4.69) is 119 Å². The molecular weight excluding hydrogens is 566 g/mol. The van der Waals surface area contributed by atoms with Crippen LogP contribution >= 0.6 is 0 Å². The molecule has 2 aliphatic heterocycles. The molecule has 7 nitrogen and oxygen atoms in total. The molecule has 0 atom stereocenters. The van der Waals surface area contributed by atoms with Crippen LogP contribution in [-0.2, 0) is 0 Å². The van der Waals surface area contributed by atoms with Crippen molar-refractivity contribution in [3.8, 4) is 34.4 Å². The summed E-state index contributed by atoms with van der Waals surface area (Å²) in [5, 5.41) is 9.56. The molecule has 0 spiro atoms. The average Bonchev–Trinajstić information content (AvgIpc) is 3.60. The number of aryl methyl sites for hydroxylation is 2. The maximum absolute atomic E-state index is 5.15. The van der Waals surface area contributed by atoms with Crippen LogP contribution in [0.25, 0.3) is 68.4 Å². The highest BCUT2D eigenvalue weighted by Gasteiger charge is 2.21. The van der Waals surface area contributed by atoms with Crippen molar-refractivity contribution < 1.29 is 0 Å². The van der Waals surface area contributed by atoms with Gasteiger partial charge >= 0.3 is 0 Å². The third kappa shape index (κ3) is 4.16. The lowest BCUT2D eigenvalue weighted by Gasteiger charge is -2.14. The van der Waals surface area contributed by atoms with E-state index in [4.69, 9.17) is 15.0 Å². The van der Waals surface area contributed by atoms with Gasteiger partial charge in [0.25, 0.3) is 0 Å². The zero-order chi connectivity index (χ0) is 30.8. The topological polar surface area (TPSA) is 72.6 Å². The molecule has 46 heavy (non-hydrogen) atoms. The lowest BCUT2D eigenvalue weighted by atomic mass is 10.1. The Labute approximate surface area is 266 Å². The Balaban J connectivity index is 1.13. The van der Waals surface area contributed by atoms with Crippen molar-refractivity contribution in [2.45, 2.75) is 13.8 Å². The van der Waals surface area contributed by atoms with Gasteiger partial charge in [0.05, 0.1) is 56.6 Å². The SMILES string of the molecule is Cc1ccc2c(c1)c1c(n2-c2cccc(-c3cccc(-c4cccc(-n5c6c(c7cc(C)ccc75)NCC=C6)n4)n3)n2)C=CCN1. The Morgan fingerprint density at radius 2 is 0.957 bits per heavy atom. The van der Waals surface area contributed by atoms with E-state index in [9.17, 15) is 0 Å². The first-order valence-corrected chi connectivity index (χ1v) is 15.7. The molecule has 7 heterocycles. The van der Waals surface area contributed by atoms with Gasteiger partial charge in [0.2, 0.25) is 0 Å². The maximum Gasteiger partial charge on any atom is 0.138 e. The van der Waals surface area contributed by atoms with Crippen LogP contribution in [0.3, 0.4) is 0 Å². The lowest BCUT2D eigenvalue weighted by Crippen LogP contribution is -2.07. The summed E-state index contributed by atoms with van der Waals surface area (Å²) in [4.78, 5) is 15.4. The smallest absolute Gasteiger partial charge is 0.138 e. The molecule has 7 aromatic rings. The van der Waals surface area contributed by atoms with E-state index in [0.717, 1.165) is 81.3 Å². The molecule has 0 saturated carbocycles. The molecule has 0 amide bonds. The van der Waals surface area contributed by atoms with Gasteiger partial charge in [0, 0.05) is 23.9 Å². The first-order chi connectivity index (χ1) is 22.6. The van der Waals surface area contributed by atoms with Gasteiger partial charge < -0.3 is 10.6 Å². The number of nitrogens with one attached hydrogen (secondary N) is 2. The zero-order valence-corrected chi connectivity index (χ0v) is 25.6. The average molecular weight is 598 g/mol. The molecule has 2 aliphatic rings. The molecule has 222 valence electrons. The van der Waals surface area contributed by atoms with Gasteiger partial charge in [-0.25, -0.2) is 15.0 Å². The number of benzene rings is 2. The summed E-state index contributed by atoms with van der Waals surface area (Å²) < 4.78 is 4.47. The van der Waals surface area contributed by atoms with Gasteiger partial charge in [0.1, 0.15) is 11.6 Å². The van der Waals surface area contributed by atoms with E-state index in [-0.39, 0.29) is 0 Å². The van der Waals surface area contributed by atoms with Gasteiger partial charge in [-0.05, 0) is 86.7 Å². The van der Waals surface area contributed by atoms with Crippen molar-refractivity contribution >= 4 is 45.3 Å². The van der Waals surface area contributed by atoms with Crippen molar-refractivity contribution in [2.75, 3.05) is 23.7 Å². The van der Waals surface area contributed by atoms with E-state index in [1.54, 1.807) is 0 Å². The van der Waals surface area contributed by atoms with Crippen LogP contribution < -0.4 is 10.6 Å². The quantitative estimate of drug-likeness (QED) is 0.213. The number of anilines is 2. The summed E-state index contributed by atoms with van der Waals surface area (Å²) in [6.45, 7) is 5.90. The first kappa shape index (κ1) is 26.5. The van der Waals surface area contributed by atoms with Crippen LogP contribution in [0.2, 0.25) is 0 Å². The molecule has 9 rings (SSSR count). The monoisotopic (exact) mass is 597 g/mol. The summed E-state index contributed by atoms with van der Waals surface area (Å²) >= 11 is 0. The third-order valence-electron chi connectivity index (χ3n) is 8.86. The van der Waals surface area contributed by atoms with Crippen LogP contribution in [0.5, 0.6) is 0 Å². The summed E-state index contributed by atoms with van der Waals surface area (Å²) in [7, 11) is 0. The van der Waals surface area contributed by atoms with E-state index >= 15 is 0 Å². The second-order valence-electron chi connectivity index (χ2n) is 12.0. The maximum atomic E-state index is 5.15. The van der Waals surface area contributed by atoms with Gasteiger partial charge in [-0.15, -0.1) is 0 Å². The molecule has 7 heteroatoms. The van der Waals surface area contributed by atoms with Crippen molar-refractivity contribution in [1.29, 1.82) is 0 Å². The fraction of sp³-hybridized carbons (Fsp3) is 0.103. The molecule has 0 saturated heterocycles. The van der Waals surface area contributed by atoms with E-state index in [0.29, 0.717) is 0 Å². The standard InChI is InChI=1S/C39H31N7/c1-24-16-18-32-26(22-24)38-34(12-6-20-40-38)45(32)36-14-4-10-30(43-36)28-8-3-9-29(42-28)31-11-5-15-37(44-31)46-33-19-17-25(2)23-27(33)39-35(46)13-7-21-41-39/h3-19,22-23,40-41H,20-21H2,1-2H3. The van der Waals surface area contributed by atoms with Crippen LogP contribution in [0.1, 0.15) is 22.5 Å². The minimum absolute atomic E-state index is 0.799. The van der Waals surface area contributed by atoms with Crippen LogP contribution in [0, 0.1) is 13.8 Å². The highest BCUT2D eigenvalue weighted by molar-refractivity contribution is 6.01. The minimum Gasteiger partial charge on any atom is -0.379 e. The highest BCUT2D eigenvalue weighted by atomic mass is 15.1. The number of pyridine rings is 3. The summed E-state index contributed by atoms with van der Waals surface area (Å²) in [6, 6.07) is 31.5. The molecule has 2 aromatic carbocycles. The Bertz CT molecular complexity index is 2240. The molecule has 0 bridgehead atoms. The molecule has 5 aromatic heterocycles. The number of hydrogen-bond acceptors (Lipinski definition) is 5. The molecule has 2 N–H and O–H groups in total. The normalized spacial score (nSPS) is 13.4. The Kier molecular flexibility index (Phi) is 5.93. The minimum atomic E-state index is 0.799. The zero-order valence-electron chi connectivity index (χ0n) is 25.6. The molecule has 0 unspecified atom stereocenters. The van der Waals surface area contributed by atoms with Crippen molar-refractivity contribution in [3.63, 3.8) is 0 Å². The predicted octanol–water partition coefficient (Wildman–Crippen LogP) is 8.59. The summed E-state index contributed by atoms with van der Waals surface area (Å²) in [6.07, 6.45) is 8.68. The van der Waals surface area contributed by atoms with Gasteiger partial charge in [-0.3, -0.25) is 9.13 Å². The fourth-order valence-electron chi connectivity index (χ4n) is 6.79. The number of rotatable bonds is 4. The first-order valence-electron chi connectivity index (χ1n) is 15.7. The van der Waals surface area contributed by atoms with Crippen LogP contribution in [-0.4, -0.2) is 37.2 Å². The van der Waals surface area contributed by atoms with E-state index in [1.165, 1.54) is 21.9 Å². The summed E-state index contributed by atoms with van der Waals surface area (Å²) in [5.74, 6) is 1.71. The van der Waals surface area contributed by atoms with Gasteiger partial charge in [-0.1, -0.05) is 53.6 Å². The lowest BCUT2D eigenvalue weighted by molar-refractivity contribution is 1.02. The predicted molar refractivity (Wildman–Crippen MR) is 189 cm³/mol. The van der Waals surface area contributed by atoms with Crippen molar-refractivity contribution in [3.05, 3.63) is 126 Å². The van der Waals surface area contributed by atoms with Gasteiger partial charge in [0.15, 0.2) is 0 Å². The molecular formula is C39H31N7.